The van der Waals surface area contributed by atoms with Crippen molar-refractivity contribution >= 4 is 27.5 Å². The van der Waals surface area contributed by atoms with E-state index in [2.05, 4.69) is 4.98 Å². The van der Waals surface area contributed by atoms with E-state index < -0.39 is 9.84 Å². The lowest BCUT2D eigenvalue weighted by atomic mass is 10.1. The number of amides is 1. The molecule has 0 radical (unpaired) electrons. The third-order valence-electron chi connectivity index (χ3n) is 5.43. The molecule has 1 aliphatic rings. The Morgan fingerprint density at radius 2 is 1.74 bits per heavy atom. The summed E-state index contributed by atoms with van der Waals surface area (Å²) in [7, 11) is -3.03. The largest absolute Gasteiger partial charge is 0.338 e. The van der Waals surface area contributed by atoms with Crippen LogP contribution < -0.4 is 0 Å². The van der Waals surface area contributed by atoms with Gasteiger partial charge in [0.05, 0.1) is 28.6 Å². The maximum Gasteiger partial charge on any atom is 0.233 e. The van der Waals surface area contributed by atoms with E-state index in [1.54, 1.807) is 4.90 Å². The SMILES string of the molecule is CCN(C(=O)CSc1nc(-c2ccccc2)c(-c2ccccc2)[nH]1)[C@H]1CCS(=O)(=O)C1. The van der Waals surface area contributed by atoms with Crippen LogP contribution in [0.4, 0.5) is 0 Å². The fourth-order valence-electron chi connectivity index (χ4n) is 3.91. The number of hydrogen-bond donors (Lipinski definition) is 1. The van der Waals surface area contributed by atoms with E-state index in [0.29, 0.717) is 18.1 Å². The van der Waals surface area contributed by atoms with Gasteiger partial charge >= 0.3 is 0 Å². The molecule has 0 unspecified atom stereocenters. The van der Waals surface area contributed by atoms with Crippen LogP contribution in [0.15, 0.2) is 65.8 Å². The quantitative estimate of drug-likeness (QED) is 0.547. The van der Waals surface area contributed by atoms with Crippen molar-refractivity contribution < 1.29 is 13.2 Å². The first-order valence-electron chi connectivity index (χ1n) is 10.3. The van der Waals surface area contributed by atoms with Crippen LogP contribution in [-0.2, 0) is 14.6 Å². The zero-order valence-electron chi connectivity index (χ0n) is 17.3. The summed E-state index contributed by atoms with van der Waals surface area (Å²) in [5.74, 6) is 0.371. The van der Waals surface area contributed by atoms with Crippen LogP contribution in [0.1, 0.15) is 13.3 Å². The maximum absolute atomic E-state index is 12.8. The molecule has 1 atom stereocenters. The van der Waals surface area contributed by atoms with E-state index >= 15 is 0 Å². The normalized spacial score (nSPS) is 17.5. The van der Waals surface area contributed by atoms with Crippen LogP contribution in [0.3, 0.4) is 0 Å². The Hall–Kier alpha value is -2.58. The summed E-state index contributed by atoms with van der Waals surface area (Å²) in [6.45, 7) is 2.39. The molecule has 2 aromatic carbocycles. The highest BCUT2D eigenvalue weighted by Gasteiger charge is 2.33. The number of sulfone groups is 1. The topological polar surface area (TPSA) is 83.1 Å². The van der Waals surface area contributed by atoms with Gasteiger partial charge in [0.1, 0.15) is 0 Å². The van der Waals surface area contributed by atoms with Gasteiger partial charge in [-0.05, 0) is 13.3 Å². The second kappa shape index (κ2) is 9.28. The standard InChI is InChI=1S/C23H25N3O3S2/c1-2-26(19-13-14-31(28,29)16-19)20(27)15-30-23-24-21(17-9-5-3-6-10-17)22(25-23)18-11-7-4-8-12-18/h3-12,19H,2,13-16H2,1H3,(H,24,25)/t19-/m0/s1. The fraction of sp³-hybridized carbons (Fsp3) is 0.304. The third-order valence-corrected chi connectivity index (χ3v) is 8.04. The highest BCUT2D eigenvalue weighted by atomic mass is 32.2. The van der Waals surface area contributed by atoms with Gasteiger partial charge in [-0.25, -0.2) is 13.4 Å². The van der Waals surface area contributed by atoms with Crippen LogP contribution in [0.25, 0.3) is 22.5 Å². The molecule has 0 bridgehead atoms. The summed E-state index contributed by atoms with van der Waals surface area (Å²) in [6.07, 6.45) is 0.518. The molecule has 0 saturated carbocycles. The second-order valence-electron chi connectivity index (χ2n) is 7.52. The highest BCUT2D eigenvalue weighted by Crippen LogP contribution is 2.32. The predicted octanol–water partition coefficient (Wildman–Crippen LogP) is 3.87. The molecule has 4 rings (SSSR count). The Bertz CT molecular complexity index is 1090. The molecule has 2 heterocycles. The van der Waals surface area contributed by atoms with Crippen molar-refractivity contribution in [1.82, 2.24) is 14.9 Å². The molecule has 3 aromatic rings. The highest BCUT2D eigenvalue weighted by molar-refractivity contribution is 7.99. The summed E-state index contributed by atoms with van der Waals surface area (Å²) in [4.78, 5) is 22.7. The van der Waals surface area contributed by atoms with E-state index in [1.165, 1.54) is 11.8 Å². The maximum atomic E-state index is 12.8. The molecule has 0 aliphatic carbocycles. The Morgan fingerprint density at radius 1 is 1.10 bits per heavy atom. The van der Waals surface area contributed by atoms with E-state index in [1.807, 2.05) is 67.6 Å². The zero-order valence-corrected chi connectivity index (χ0v) is 19.0. The van der Waals surface area contributed by atoms with Crippen molar-refractivity contribution in [3.8, 4) is 22.5 Å². The molecule has 1 amide bonds. The molecule has 6 nitrogen and oxygen atoms in total. The van der Waals surface area contributed by atoms with Gasteiger partial charge in [-0.2, -0.15) is 0 Å². The fourth-order valence-corrected chi connectivity index (χ4v) is 6.40. The van der Waals surface area contributed by atoms with Gasteiger partial charge in [0.2, 0.25) is 5.91 Å². The molecular weight excluding hydrogens is 430 g/mol. The number of imidazole rings is 1. The zero-order chi connectivity index (χ0) is 21.8. The molecule has 1 N–H and O–H groups in total. The average Bonchev–Trinajstić information content (AvgIpc) is 3.37. The molecule has 162 valence electrons. The molecule has 1 fully saturated rings. The van der Waals surface area contributed by atoms with Gasteiger partial charge in [-0.1, -0.05) is 72.4 Å². The van der Waals surface area contributed by atoms with Gasteiger partial charge in [-0.3, -0.25) is 4.79 Å². The van der Waals surface area contributed by atoms with Crippen molar-refractivity contribution in [2.75, 3.05) is 23.8 Å². The number of thioether (sulfide) groups is 1. The van der Waals surface area contributed by atoms with Gasteiger partial charge in [0.15, 0.2) is 15.0 Å². The van der Waals surface area contributed by atoms with Gasteiger partial charge in [0, 0.05) is 23.7 Å². The van der Waals surface area contributed by atoms with E-state index in [4.69, 9.17) is 4.98 Å². The minimum Gasteiger partial charge on any atom is -0.338 e. The number of aromatic nitrogens is 2. The first-order valence-corrected chi connectivity index (χ1v) is 13.1. The van der Waals surface area contributed by atoms with Crippen molar-refractivity contribution in [3.05, 3.63) is 60.7 Å². The molecular formula is C23H25N3O3S2. The number of hydrogen-bond acceptors (Lipinski definition) is 5. The monoisotopic (exact) mass is 455 g/mol. The average molecular weight is 456 g/mol. The van der Waals surface area contributed by atoms with Crippen LogP contribution in [-0.4, -0.2) is 59.0 Å². The van der Waals surface area contributed by atoms with E-state index in [9.17, 15) is 13.2 Å². The summed E-state index contributed by atoms with van der Waals surface area (Å²) >= 11 is 1.35. The van der Waals surface area contributed by atoms with E-state index in [-0.39, 0.29) is 29.2 Å². The molecule has 0 spiro atoms. The number of benzene rings is 2. The Labute approximate surface area is 187 Å². The molecule has 8 heteroatoms. The summed E-state index contributed by atoms with van der Waals surface area (Å²) in [5.41, 5.74) is 3.78. The van der Waals surface area contributed by atoms with Crippen LogP contribution >= 0.6 is 11.8 Å². The number of H-pyrrole nitrogens is 1. The second-order valence-corrected chi connectivity index (χ2v) is 10.7. The minimum absolute atomic E-state index is 0.0616. The molecule has 1 saturated heterocycles. The smallest absolute Gasteiger partial charge is 0.233 e. The van der Waals surface area contributed by atoms with Crippen LogP contribution in [0.2, 0.25) is 0 Å². The third kappa shape index (κ3) is 5.02. The number of nitrogens with one attached hydrogen (secondary N) is 1. The molecule has 1 aliphatic heterocycles. The Kier molecular flexibility index (Phi) is 6.48. The number of carbonyl (C=O) groups is 1. The van der Waals surface area contributed by atoms with Crippen molar-refractivity contribution in [1.29, 1.82) is 0 Å². The number of rotatable bonds is 7. The van der Waals surface area contributed by atoms with Crippen molar-refractivity contribution in [3.63, 3.8) is 0 Å². The molecule has 1 aromatic heterocycles. The van der Waals surface area contributed by atoms with Gasteiger partial charge in [0.25, 0.3) is 0 Å². The number of carbonyl (C=O) groups excluding carboxylic acids is 1. The van der Waals surface area contributed by atoms with Crippen LogP contribution in [0, 0.1) is 0 Å². The Balaban J connectivity index is 1.54. The predicted molar refractivity (Wildman–Crippen MR) is 125 cm³/mol. The van der Waals surface area contributed by atoms with E-state index in [0.717, 1.165) is 22.5 Å². The van der Waals surface area contributed by atoms with Gasteiger partial charge in [-0.15, -0.1) is 0 Å². The lowest BCUT2D eigenvalue weighted by Crippen LogP contribution is -2.41. The van der Waals surface area contributed by atoms with Crippen LogP contribution in [0.5, 0.6) is 0 Å². The first-order chi connectivity index (χ1) is 15.0. The summed E-state index contributed by atoms with van der Waals surface area (Å²) in [6, 6.07) is 19.7. The minimum atomic E-state index is -3.03. The summed E-state index contributed by atoms with van der Waals surface area (Å²) in [5, 5.41) is 0.668. The lowest BCUT2D eigenvalue weighted by molar-refractivity contribution is -0.129. The van der Waals surface area contributed by atoms with Gasteiger partial charge < -0.3 is 9.88 Å². The van der Waals surface area contributed by atoms with Crippen molar-refractivity contribution in [2.24, 2.45) is 0 Å². The lowest BCUT2D eigenvalue weighted by Gasteiger charge is -2.26. The first kappa shape index (κ1) is 21.6. The molecule has 31 heavy (non-hydrogen) atoms. The number of aromatic amines is 1. The summed E-state index contributed by atoms with van der Waals surface area (Å²) < 4.78 is 23.6. The Morgan fingerprint density at radius 3 is 2.32 bits per heavy atom. The van der Waals surface area contributed by atoms with Crippen molar-refractivity contribution in [2.45, 2.75) is 24.5 Å². The number of nitrogens with zero attached hydrogens (tertiary/aromatic N) is 2.